The lowest BCUT2D eigenvalue weighted by molar-refractivity contribution is 0.219. The van der Waals surface area contributed by atoms with Crippen LogP contribution in [-0.4, -0.2) is 11.2 Å². The first kappa shape index (κ1) is 14.9. The minimum atomic E-state index is -0.726. The second kappa shape index (κ2) is 6.29. The van der Waals surface area contributed by atoms with Crippen LogP contribution in [0.4, 0.5) is 0 Å². The number of halogens is 1. The average Bonchev–Trinajstić information content (AvgIpc) is 2.38. The fraction of sp³-hybridized carbons (Fsp3) is 0.294. The molecule has 0 amide bonds. The van der Waals surface area contributed by atoms with E-state index in [-0.39, 0.29) is 6.10 Å². The van der Waals surface area contributed by atoms with Crippen LogP contribution in [0.15, 0.2) is 42.5 Å². The highest BCUT2D eigenvalue weighted by Gasteiger charge is 2.14. The fourth-order valence-electron chi connectivity index (χ4n) is 2.03. The Bertz CT molecular complexity index is 576. The normalized spacial score (nSPS) is 12.5. The molecule has 0 spiro atoms. The minimum Gasteiger partial charge on any atom is -0.491 e. The van der Waals surface area contributed by atoms with Gasteiger partial charge in [-0.1, -0.05) is 35.9 Å². The quantitative estimate of drug-likeness (QED) is 0.897. The van der Waals surface area contributed by atoms with Gasteiger partial charge < -0.3 is 9.84 Å². The van der Waals surface area contributed by atoms with Gasteiger partial charge in [-0.05, 0) is 50.1 Å². The zero-order chi connectivity index (χ0) is 14.7. The van der Waals surface area contributed by atoms with Gasteiger partial charge in [0.1, 0.15) is 11.9 Å². The van der Waals surface area contributed by atoms with Crippen LogP contribution in [0.5, 0.6) is 5.75 Å². The monoisotopic (exact) mass is 290 g/mol. The summed E-state index contributed by atoms with van der Waals surface area (Å²) in [6, 6.07) is 13.1. The molecule has 106 valence electrons. The number of aliphatic hydroxyl groups is 1. The topological polar surface area (TPSA) is 29.5 Å². The van der Waals surface area contributed by atoms with Crippen molar-refractivity contribution in [1.82, 2.24) is 0 Å². The van der Waals surface area contributed by atoms with Crippen LogP contribution in [0, 0.1) is 6.92 Å². The lowest BCUT2D eigenvalue weighted by Gasteiger charge is -2.15. The number of hydrogen-bond acceptors (Lipinski definition) is 2. The Labute approximate surface area is 125 Å². The van der Waals surface area contributed by atoms with Gasteiger partial charge in [-0.3, -0.25) is 0 Å². The molecule has 2 rings (SSSR count). The van der Waals surface area contributed by atoms with Gasteiger partial charge in [0, 0.05) is 10.6 Å². The number of aliphatic hydroxyl groups excluding tert-OH is 1. The summed E-state index contributed by atoms with van der Waals surface area (Å²) in [6.45, 7) is 5.93. The molecule has 0 saturated carbocycles. The van der Waals surface area contributed by atoms with Crippen molar-refractivity contribution in [3.05, 3.63) is 64.2 Å². The highest BCUT2D eigenvalue weighted by Crippen LogP contribution is 2.30. The van der Waals surface area contributed by atoms with Crippen molar-refractivity contribution in [3.8, 4) is 5.75 Å². The molecule has 2 aromatic rings. The number of rotatable bonds is 4. The fourth-order valence-corrected chi connectivity index (χ4v) is 2.37. The molecule has 0 heterocycles. The Hall–Kier alpha value is -1.51. The third-order valence-electron chi connectivity index (χ3n) is 3.02. The molecule has 0 aliphatic rings. The van der Waals surface area contributed by atoms with E-state index in [0.717, 1.165) is 22.4 Å². The lowest BCUT2D eigenvalue weighted by atomic mass is 10.0. The maximum atomic E-state index is 10.4. The molecule has 0 aliphatic heterocycles. The third kappa shape index (κ3) is 3.53. The summed E-state index contributed by atoms with van der Waals surface area (Å²) in [5.41, 5.74) is 2.59. The Morgan fingerprint density at radius 2 is 1.70 bits per heavy atom. The molecule has 2 aromatic carbocycles. The van der Waals surface area contributed by atoms with Crippen molar-refractivity contribution in [2.45, 2.75) is 33.0 Å². The smallest absolute Gasteiger partial charge is 0.119 e. The number of hydrogen-bond donors (Lipinski definition) is 1. The maximum absolute atomic E-state index is 10.4. The predicted molar refractivity (Wildman–Crippen MR) is 82.5 cm³/mol. The molecule has 0 aromatic heterocycles. The molecular weight excluding hydrogens is 272 g/mol. The molecule has 1 atom stereocenters. The summed E-state index contributed by atoms with van der Waals surface area (Å²) >= 11 is 6.19. The predicted octanol–water partition coefficient (Wildman–Crippen LogP) is 4.52. The van der Waals surface area contributed by atoms with E-state index in [4.69, 9.17) is 16.3 Å². The summed E-state index contributed by atoms with van der Waals surface area (Å²) in [7, 11) is 0. The van der Waals surface area contributed by atoms with Crippen molar-refractivity contribution in [3.63, 3.8) is 0 Å². The van der Waals surface area contributed by atoms with Crippen molar-refractivity contribution < 1.29 is 9.84 Å². The second-order valence-corrected chi connectivity index (χ2v) is 5.57. The van der Waals surface area contributed by atoms with Crippen LogP contribution in [0.3, 0.4) is 0 Å². The Morgan fingerprint density at radius 3 is 2.25 bits per heavy atom. The van der Waals surface area contributed by atoms with Gasteiger partial charge in [0.05, 0.1) is 6.10 Å². The summed E-state index contributed by atoms with van der Waals surface area (Å²) in [5.74, 6) is 0.797. The molecule has 1 unspecified atom stereocenters. The standard InChI is InChI=1S/C17H19ClO2/c1-11(2)20-14-7-5-13(6-8-14)17(19)15-9-4-12(3)10-16(15)18/h4-11,17,19H,1-3H3. The molecule has 0 bridgehead atoms. The van der Waals surface area contributed by atoms with Crippen LogP contribution < -0.4 is 4.74 Å². The van der Waals surface area contributed by atoms with Crippen molar-refractivity contribution in [2.75, 3.05) is 0 Å². The zero-order valence-corrected chi connectivity index (χ0v) is 12.7. The van der Waals surface area contributed by atoms with E-state index in [1.807, 2.05) is 63.2 Å². The number of benzene rings is 2. The van der Waals surface area contributed by atoms with Crippen LogP contribution in [-0.2, 0) is 0 Å². The summed E-state index contributed by atoms with van der Waals surface area (Å²) in [6.07, 6.45) is -0.589. The number of ether oxygens (including phenoxy) is 1. The van der Waals surface area contributed by atoms with E-state index < -0.39 is 6.10 Å². The molecule has 1 N–H and O–H groups in total. The van der Waals surface area contributed by atoms with Gasteiger partial charge in [-0.25, -0.2) is 0 Å². The van der Waals surface area contributed by atoms with Crippen LogP contribution in [0.25, 0.3) is 0 Å². The minimum absolute atomic E-state index is 0.136. The van der Waals surface area contributed by atoms with Crippen molar-refractivity contribution in [1.29, 1.82) is 0 Å². The highest BCUT2D eigenvalue weighted by atomic mass is 35.5. The first-order valence-corrected chi connectivity index (χ1v) is 7.06. The SMILES string of the molecule is Cc1ccc(C(O)c2ccc(OC(C)C)cc2)c(Cl)c1. The highest BCUT2D eigenvalue weighted by molar-refractivity contribution is 6.31. The molecule has 3 heteroatoms. The van der Waals surface area contributed by atoms with E-state index in [1.54, 1.807) is 0 Å². The van der Waals surface area contributed by atoms with E-state index in [0.29, 0.717) is 5.02 Å². The zero-order valence-electron chi connectivity index (χ0n) is 11.9. The van der Waals surface area contributed by atoms with E-state index in [2.05, 4.69) is 0 Å². The molecule has 0 radical (unpaired) electrons. The molecule has 0 aliphatic carbocycles. The van der Waals surface area contributed by atoms with Gasteiger partial charge in [0.2, 0.25) is 0 Å². The molecule has 0 saturated heterocycles. The van der Waals surface area contributed by atoms with Gasteiger partial charge in [0.25, 0.3) is 0 Å². The Balaban J connectivity index is 2.22. The van der Waals surface area contributed by atoms with E-state index in [1.165, 1.54) is 0 Å². The third-order valence-corrected chi connectivity index (χ3v) is 3.35. The first-order chi connectivity index (χ1) is 9.47. The summed E-state index contributed by atoms with van der Waals surface area (Å²) in [4.78, 5) is 0. The summed E-state index contributed by atoms with van der Waals surface area (Å²) in [5, 5.41) is 11.0. The molecular formula is C17H19ClO2. The van der Waals surface area contributed by atoms with E-state index >= 15 is 0 Å². The largest absolute Gasteiger partial charge is 0.491 e. The Morgan fingerprint density at radius 1 is 1.05 bits per heavy atom. The van der Waals surface area contributed by atoms with Crippen LogP contribution in [0.1, 0.15) is 36.6 Å². The Kier molecular flexibility index (Phi) is 4.69. The average molecular weight is 291 g/mol. The van der Waals surface area contributed by atoms with Crippen LogP contribution >= 0.6 is 11.6 Å². The first-order valence-electron chi connectivity index (χ1n) is 6.68. The molecule has 20 heavy (non-hydrogen) atoms. The van der Waals surface area contributed by atoms with E-state index in [9.17, 15) is 5.11 Å². The molecule has 2 nitrogen and oxygen atoms in total. The number of aryl methyl sites for hydroxylation is 1. The molecule has 0 fully saturated rings. The van der Waals surface area contributed by atoms with Crippen molar-refractivity contribution >= 4 is 11.6 Å². The second-order valence-electron chi connectivity index (χ2n) is 5.16. The van der Waals surface area contributed by atoms with Gasteiger partial charge in [-0.15, -0.1) is 0 Å². The lowest BCUT2D eigenvalue weighted by Crippen LogP contribution is -2.06. The summed E-state index contributed by atoms with van der Waals surface area (Å²) < 4.78 is 5.59. The van der Waals surface area contributed by atoms with Gasteiger partial charge in [-0.2, -0.15) is 0 Å². The maximum Gasteiger partial charge on any atom is 0.119 e. The van der Waals surface area contributed by atoms with Gasteiger partial charge >= 0.3 is 0 Å². The van der Waals surface area contributed by atoms with Crippen molar-refractivity contribution in [2.24, 2.45) is 0 Å². The van der Waals surface area contributed by atoms with Crippen LogP contribution in [0.2, 0.25) is 5.02 Å². The van der Waals surface area contributed by atoms with Gasteiger partial charge in [0.15, 0.2) is 0 Å².